The predicted octanol–water partition coefficient (Wildman–Crippen LogP) is 1.39. The third-order valence-electron chi connectivity index (χ3n) is 3.16. The molecule has 0 atom stereocenters. The standard InChI is InChI=1S/C14H15N3O3/c1-9-5-11(17(2)16-9)7-15-14(18)10-3-4-12-13(6-10)20-8-19-12/h3-6H,7-8H2,1-2H3,(H,15,18). The summed E-state index contributed by atoms with van der Waals surface area (Å²) in [6.45, 7) is 2.56. The van der Waals surface area contributed by atoms with Gasteiger partial charge in [0.15, 0.2) is 11.5 Å². The van der Waals surface area contributed by atoms with Crippen LogP contribution in [0.25, 0.3) is 0 Å². The molecule has 20 heavy (non-hydrogen) atoms. The van der Waals surface area contributed by atoms with Crippen molar-refractivity contribution < 1.29 is 14.3 Å². The number of carbonyl (C=O) groups is 1. The normalized spacial score (nSPS) is 12.5. The lowest BCUT2D eigenvalue weighted by atomic mass is 10.2. The maximum atomic E-state index is 12.1. The van der Waals surface area contributed by atoms with Crippen molar-refractivity contribution in [3.63, 3.8) is 0 Å². The number of hydrogen-bond donors (Lipinski definition) is 1. The first-order valence-electron chi connectivity index (χ1n) is 6.31. The average Bonchev–Trinajstić information content (AvgIpc) is 3.01. The molecule has 1 aliphatic rings. The van der Waals surface area contributed by atoms with E-state index in [1.807, 2.05) is 20.0 Å². The molecular weight excluding hydrogens is 258 g/mol. The van der Waals surface area contributed by atoms with E-state index < -0.39 is 0 Å². The molecule has 0 bridgehead atoms. The smallest absolute Gasteiger partial charge is 0.251 e. The first-order chi connectivity index (χ1) is 9.63. The number of fused-ring (bicyclic) bond motifs is 1. The molecule has 6 nitrogen and oxygen atoms in total. The van der Waals surface area contributed by atoms with Gasteiger partial charge < -0.3 is 14.8 Å². The Hall–Kier alpha value is -2.50. The number of hydrogen-bond acceptors (Lipinski definition) is 4. The van der Waals surface area contributed by atoms with E-state index in [1.165, 1.54) is 0 Å². The highest BCUT2D eigenvalue weighted by Gasteiger charge is 2.16. The van der Waals surface area contributed by atoms with E-state index in [9.17, 15) is 4.79 Å². The average molecular weight is 273 g/mol. The number of amides is 1. The minimum Gasteiger partial charge on any atom is -0.454 e. The summed E-state index contributed by atoms with van der Waals surface area (Å²) in [5.41, 5.74) is 2.43. The fourth-order valence-corrected chi connectivity index (χ4v) is 2.14. The zero-order valence-corrected chi connectivity index (χ0v) is 11.3. The fourth-order valence-electron chi connectivity index (χ4n) is 2.14. The minimum atomic E-state index is -0.151. The second kappa shape index (κ2) is 4.88. The fraction of sp³-hybridized carbons (Fsp3) is 0.286. The molecule has 0 saturated carbocycles. The van der Waals surface area contributed by atoms with Crippen molar-refractivity contribution in [2.75, 3.05) is 6.79 Å². The van der Waals surface area contributed by atoms with E-state index >= 15 is 0 Å². The summed E-state index contributed by atoms with van der Waals surface area (Å²) >= 11 is 0. The Bertz CT molecular complexity index is 664. The zero-order valence-electron chi connectivity index (χ0n) is 11.3. The van der Waals surface area contributed by atoms with Gasteiger partial charge in [0.05, 0.1) is 17.9 Å². The maximum absolute atomic E-state index is 12.1. The number of nitrogens with zero attached hydrogens (tertiary/aromatic N) is 2. The summed E-state index contributed by atoms with van der Waals surface area (Å²) in [6, 6.07) is 7.09. The van der Waals surface area contributed by atoms with Gasteiger partial charge in [-0.25, -0.2) is 0 Å². The molecule has 6 heteroatoms. The zero-order chi connectivity index (χ0) is 14.1. The molecule has 2 heterocycles. The molecule has 104 valence electrons. The van der Waals surface area contributed by atoms with Crippen LogP contribution in [-0.4, -0.2) is 22.5 Å². The van der Waals surface area contributed by atoms with Crippen molar-refractivity contribution in [2.45, 2.75) is 13.5 Å². The van der Waals surface area contributed by atoms with Crippen LogP contribution in [0.5, 0.6) is 11.5 Å². The molecule has 1 aromatic carbocycles. The molecule has 1 amide bonds. The Balaban J connectivity index is 1.69. The molecule has 0 aliphatic carbocycles. The lowest BCUT2D eigenvalue weighted by Gasteiger charge is -2.06. The van der Waals surface area contributed by atoms with Crippen LogP contribution in [-0.2, 0) is 13.6 Å². The third kappa shape index (κ3) is 2.32. The Morgan fingerprint density at radius 3 is 2.90 bits per heavy atom. The minimum absolute atomic E-state index is 0.151. The molecule has 0 unspecified atom stereocenters. The van der Waals surface area contributed by atoms with E-state index in [4.69, 9.17) is 9.47 Å². The predicted molar refractivity (Wildman–Crippen MR) is 71.7 cm³/mol. The first-order valence-corrected chi connectivity index (χ1v) is 6.31. The van der Waals surface area contributed by atoms with Crippen LogP contribution in [0.1, 0.15) is 21.7 Å². The van der Waals surface area contributed by atoms with Crippen LogP contribution in [0.15, 0.2) is 24.3 Å². The molecule has 0 fully saturated rings. The van der Waals surface area contributed by atoms with Gasteiger partial charge in [-0.15, -0.1) is 0 Å². The van der Waals surface area contributed by atoms with Gasteiger partial charge in [-0.05, 0) is 31.2 Å². The summed E-state index contributed by atoms with van der Waals surface area (Å²) in [6.07, 6.45) is 0. The lowest BCUT2D eigenvalue weighted by molar-refractivity contribution is 0.0949. The van der Waals surface area contributed by atoms with Gasteiger partial charge in [-0.1, -0.05) is 0 Å². The monoisotopic (exact) mass is 273 g/mol. The second-order valence-electron chi connectivity index (χ2n) is 4.65. The number of aromatic nitrogens is 2. The van der Waals surface area contributed by atoms with Gasteiger partial charge >= 0.3 is 0 Å². The number of carbonyl (C=O) groups excluding carboxylic acids is 1. The molecule has 0 radical (unpaired) electrons. The van der Waals surface area contributed by atoms with Crippen molar-refractivity contribution in [1.82, 2.24) is 15.1 Å². The molecule has 2 aromatic rings. The number of rotatable bonds is 3. The van der Waals surface area contributed by atoms with Crippen LogP contribution in [0.3, 0.4) is 0 Å². The van der Waals surface area contributed by atoms with E-state index in [2.05, 4.69) is 10.4 Å². The molecule has 0 saturated heterocycles. The van der Waals surface area contributed by atoms with Gasteiger partial charge in [0.1, 0.15) is 0 Å². The molecule has 1 aromatic heterocycles. The second-order valence-corrected chi connectivity index (χ2v) is 4.65. The Kier molecular flexibility index (Phi) is 3.06. The van der Waals surface area contributed by atoms with Gasteiger partial charge in [0, 0.05) is 12.6 Å². The highest BCUT2D eigenvalue weighted by molar-refractivity contribution is 5.94. The van der Waals surface area contributed by atoms with Gasteiger partial charge in [-0.3, -0.25) is 9.48 Å². The van der Waals surface area contributed by atoms with E-state index in [0.717, 1.165) is 11.4 Å². The number of nitrogens with one attached hydrogen (secondary N) is 1. The molecule has 3 rings (SSSR count). The Morgan fingerprint density at radius 2 is 2.15 bits per heavy atom. The highest BCUT2D eigenvalue weighted by atomic mass is 16.7. The first kappa shape index (κ1) is 12.5. The number of benzene rings is 1. The van der Waals surface area contributed by atoms with Crippen molar-refractivity contribution >= 4 is 5.91 Å². The van der Waals surface area contributed by atoms with E-state index in [-0.39, 0.29) is 12.7 Å². The van der Waals surface area contributed by atoms with Gasteiger partial charge in [0.2, 0.25) is 6.79 Å². The molecule has 0 spiro atoms. The highest BCUT2D eigenvalue weighted by Crippen LogP contribution is 2.32. The van der Waals surface area contributed by atoms with Gasteiger partial charge in [-0.2, -0.15) is 5.10 Å². The summed E-state index contributed by atoms with van der Waals surface area (Å²) in [7, 11) is 1.86. The molecule has 1 aliphatic heterocycles. The molecule has 1 N–H and O–H groups in total. The maximum Gasteiger partial charge on any atom is 0.251 e. The van der Waals surface area contributed by atoms with Crippen LogP contribution in [0.4, 0.5) is 0 Å². The van der Waals surface area contributed by atoms with Crippen molar-refractivity contribution in [1.29, 1.82) is 0 Å². The van der Waals surface area contributed by atoms with Crippen LogP contribution in [0, 0.1) is 6.92 Å². The lowest BCUT2D eigenvalue weighted by Crippen LogP contribution is -2.23. The molecular formula is C14H15N3O3. The summed E-state index contributed by atoms with van der Waals surface area (Å²) in [4.78, 5) is 12.1. The van der Waals surface area contributed by atoms with Crippen molar-refractivity contribution in [3.8, 4) is 11.5 Å². The van der Waals surface area contributed by atoms with Crippen molar-refractivity contribution in [3.05, 3.63) is 41.2 Å². The topological polar surface area (TPSA) is 65.4 Å². The van der Waals surface area contributed by atoms with Crippen molar-refractivity contribution in [2.24, 2.45) is 7.05 Å². The van der Waals surface area contributed by atoms with Crippen LogP contribution in [0.2, 0.25) is 0 Å². The quantitative estimate of drug-likeness (QED) is 0.917. The van der Waals surface area contributed by atoms with E-state index in [0.29, 0.717) is 23.6 Å². The number of aryl methyl sites for hydroxylation is 2. The summed E-state index contributed by atoms with van der Waals surface area (Å²) in [5.74, 6) is 1.12. The van der Waals surface area contributed by atoms with Crippen LogP contribution >= 0.6 is 0 Å². The third-order valence-corrected chi connectivity index (χ3v) is 3.16. The summed E-state index contributed by atoms with van der Waals surface area (Å²) < 4.78 is 12.2. The Labute approximate surface area is 116 Å². The largest absolute Gasteiger partial charge is 0.454 e. The number of ether oxygens (including phenoxy) is 2. The summed E-state index contributed by atoms with van der Waals surface area (Å²) in [5, 5.41) is 7.10. The van der Waals surface area contributed by atoms with E-state index in [1.54, 1.807) is 22.9 Å². The SMILES string of the molecule is Cc1cc(CNC(=O)c2ccc3c(c2)OCO3)n(C)n1. The van der Waals surface area contributed by atoms with Gasteiger partial charge in [0.25, 0.3) is 5.91 Å². The Morgan fingerprint density at radius 1 is 1.35 bits per heavy atom. The van der Waals surface area contributed by atoms with Crippen LogP contribution < -0.4 is 14.8 Å².